The van der Waals surface area contributed by atoms with Crippen LogP contribution in [0, 0.1) is 5.92 Å². The highest BCUT2D eigenvalue weighted by atomic mass is 79.9. The van der Waals surface area contributed by atoms with E-state index in [1.54, 1.807) is 0 Å². The highest BCUT2D eigenvalue weighted by Gasteiger charge is 2.45. The van der Waals surface area contributed by atoms with Gasteiger partial charge in [-0.1, -0.05) is 35.0 Å². The first kappa shape index (κ1) is 15.4. The summed E-state index contributed by atoms with van der Waals surface area (Å²) in [6.07, 6.45) is 0.836. The first-order chi connectivity index (χ1) is 9.32. The van der Waals surface area contributed by atoms with Crippen molar-refractivity contribution in [2.24, 2.45) is 11.7 Å². The number of likely N-dealkylation sites (tertiary alicyclic amines) is 1. The summed E-state index contributed by atoms with van der Waals surface area (Å²) in [4.78, 5) is 13.5. The molecule has 1 aromatic rings. The standard InChI is InChI=1S/C14H17BrF2N2O/c1-9-6-7-19(8-9)13(20)12(18)14(16,17)10-2-4-11(15)5-3-10/h2-5,9,12H,6-8,18H2,1H3/t9-,12?/m1/s1. The lowest BCUT2D eigenvalue weighted by atomic mass is 10.0. The van der Waals surface area contributed by atoms with Crippen LogP contribution < -0.4 is 5.73 Å². The van der Waals surface area contributed by atoms with Gasteiger partial charge in [0.1, 0.15) is 0 Å². The molecule has 2 rings (SSSR count). The summed E-state index contributed by atoms with van der Waals surface area (Å²) in [5.74, 6) is -3.71. The summed E-state index contributed by atoms with van der Waals surface area (Å²) in [5.41, 5.74) is 5.30. The number of halogens is 3. The Labute approximate surface area is 125 Å². The van der Waals surface area contributed by atoms with E-state index in [4.69, 9.17) is 5.73 Å². The second-order valence-electron chi connectivity index (χ2n) is 5.29. The van der Waals surface area contributed by atoms with Crippen molar-refractivity contribution >= 4 is 21.8 Å². The lowest BCUT2D eigenvalue weighted by molar-refractivity contribution is -0.142. The van der Waals surface area contributed by atoms with Gasteiger partial charge in [0.2, 0.25) is 5.91 Å². The Hall–Kier alpha value is -1.01. The van der Waals surface area contributed by atoms with Crippen LogP contribution in [-0.4, -0.2) is 29.9 Å². The van der Waals surface area contributed by atoms with E-state index in [2.05, 4.69) is 15.9 Å². The van der Waals surface area contributed by atoms with Crippen molar-refractivity contribution in [2.75, 3.05) is 13.1 Å². The predicted molar refractivity (Wildman–Crippen MR) is 76.4 cm³/mol. The fourth-order valence-corrected chi connectivity index (χ4v) is 2.60. The summed E-state index contributed by atoms with van der Waals surface area (Å²) < 4.78 is 29.3. The molecule has 0 spiro atoms. The smallest absolute Gasteiger partial charge is 0.296 e. The van der Waals surface area contributed by atoms with Gasteiger partial charge >= 0.3 is 0 Å². The first-order valence-electron chi connectivity index (χ1n) is 6.50. The molecule has 20 heavy (non-hydrogen) atoms. The molecule has 1 amide bonds. The largest absolute Gasteiger partial charge is 0.341 e. The fourth-order valence-electron chi connectivity index (χ4n) is 2.34. The van der Waals surface area contributed by atoms with Crippen LogP contribution in [0.15, 0.2) is 28.7 Å². The molecular formula is C14H17BrF2N2O. The third-order valence-electron chi connectivity index (χ3n) is 3.62. The van der Waals surface area contributed by atoms with Crippen LogP contribution in [0.4, 0.5) is 8.78 Å². The number of alkyl halides is 2. The average molecular weight is 347 g/mol. The van der Waals surface area contributed by atoms with Crippen molar-refractivity contribution in [1.82, 2.24) is 4.90 Å². The molecular weight excluding hydrogens is 330 g/mol. The van der Waals surface area contributed by atoms with E-state index in [0.29, 0.717) is 23.5 Å². The Kier molecular flexibility index (Phi) is 4.44. The molecule has 1 aliphatic heterocycles. The molecule has 0 aromatic heterocycles. The quantitative estimate of drug-likeness (QED) is 0.914. The zero-order valence-electron chi connectivity index (χ0n) is 11.2. The number of hydrogen-bond acceptors (Lipinski definition) is 2. The Bertz CT molecular complexity index is 492. The molecule has 2 N–H and O–H groups in total. The molecule has 1 aromatic carbocycles. The molecule has 1 saturated heterocycles. The fraction of sp³-hybridized carbons (Fsp3) is 0.500. The molecule has 0 radical (unpaired) electrons. The van der Waals surface area contributed by atoms with Crippen LogP contribution >= 0.6 is 15.9 Å². The van der Waals surface area contributed by atoms with Gasteiger partial charge in [0, 0.05) is 23.1 Å². The predicted octanol–water partition coefficient (Wildman–Crippen LogP) is 2.74. The average Bonchev–Trinajstić information content (AvgIpc) is 2.84. The van der Waals surface area contributed by atoms with E-state index in [1.165, 1.54) is 29.2 Å². The summed E-state index contributed by atoms with van der Waals surface area (Å²) >= 11 is 3.19. The monoisotopic (exact) mass is 346 g/mol. The minimum atomic E-state index is -3.37. The van der Waals surface area contributed by atoms with E-state index >= 15 is 0 Å². The summed E-state index contributed by atoms with van der Waals surface area (Å²) in [6.45, 7) is 3.00. The van der Waals surface area contributed by atoms with Gasteiger partial charge in [0.15, 0.2) is 6.04 Å². The van der Waals surface area contributed by atoms with Crippen molar-refractivity contribution in [3.8, 4) is 0 Å². The molecule has 2 atom stereocenters. The van der Waals surface area contributed by atoms with E-state index in [9.17, 15) is 13.6 Å². The highest BCUT2D eigenvalue weighted by molar-refractivity contribution is 9.10. The Morgan fingerprint density at radius 3 is 2.55 bits per heavy atom. The zero-order valence-corrected chi connectivity index (χ0v) is 12.7. The Balaban J connectivity index is 2.15. The topological polar surface area (TPSA) is 46.3 Å². The van der Waals surface area contributed by atoms with Gasteiger partial charge in [-0.25, -0.2) is 0 Å². The van der Waals surface area contributed by atoms with E-state index < -0.39 is 17.9 Å². The zero-order chi connectivity index (χ0) is 14.9. The third-order valence-corrected chi connectivity index (χ3v) is 4.15. The molecule has 0 bridgehead atoms. The molecule has 1 unspecified atom stereocenters. The van der Waals surface area contributed by atoms with Crippen molar-refractivity contribution in [2.45, 2.75) is 25.3 Å². The van der Waals surface area contributed by atoms with Crippen LogP contribution in [0.1, 0.15) is 18.9 Å². The lowest BCUT2D eigenvalue weighted by Gasteiger charge is -2.27. The van der Waals surface area contributed by atoms with Gasteiger partial charge in [-0.3, -0.25) is 4.79 Å². The Morgan fingerprint density at radius 1 is 1.45 bits per heavy atom. The third kappa shape index (κ3) is 3.01. The first-order valence-corrected chi connectivity index (χ1v) is 7.30. The lowest BCUT2D eigenvalue weighted by Crippen LogP contribution is -2.51. The van der Waals surface area contributed by atoms with Gasteiger partial charge in [-0.05, 0) is 24.5 Å². The number of benzene rings is 1. The maximum Gasteiger partial charge on any atom is 0.296 e. The number of amides is 1. The van der Waals surface area contributed by atoms with Crippen molar-refractivity contribution in [1.29, 1.82) is 0 Å². The number of hydrogen-bond donors (Lipinski definition) is 1. The van der Waals surface area contributed by atoms with Gasteiger partial charge in [0.25, 0.3) is 5.92 Å². The molecule has 1 fully saturated rings. The van der Waals surface area contributed by atoms with Gasteiger partial charge in [0.05, 0.1) is 0 Å². The van der Waals surface area contributed by atoms with Gasteiger partial charge < -0.3 is 10.6 Å². The minimum Gasteiger partial charge on any atom is -0.341 e. The normalized spacial score (nSPS) is 21.1. The maximum absolute atomic E-state index is 14.3. The van der Waals surface area contributed by atoms with E-state index in [1.807, 2.05) is 6.92 Å². The highest BCUT2D eigenvalue weighted by Crippen LogP contribution is 2.33. The number of carbonyl (C=O) groups excluding carboxylic acids is 1. The maximum atomic E-state index is 14.3. The molecule has 110 valence electrons. The molecule has 1 aliphatic rings. The van der Waals surface area contributed by atoms with Crippen molar-refractivity contribution in [3.05, 3.63) is 34.3 Å². The number of nitrogens with zero attached hydrogens (tertiary/aromatic N) is 1. The summed E-state index contributed by atoms with van der Waals surface area (Å²) in [7, 11) is 0. The van der Waals surface area contributed by atoms with Crippen LogP contribution in [0.25, 0.3) is 0 Å². The minimum absolute atomic E-state index is 0.242. The number of rotatable bonds is 3. The number of nitrogens with two attached hydrogens (primary N) is 1. The van der Waals surface area contributed by atoms with Crippen molar-refractivity contribution < 1.29 is 13.6 Å². The van der Waals surface area contributed by atoms with Crippen LogP contribution in [-0.2, 0) is 10.7 Å². The second kappa shape index (κ2) is 5.77. The second-order valence-corrected chi connectivity index (χ2v) is 6.20. The van der Waals surface area contributed by atoms with Crippen LogP contribution in [0.5, 0.6) is 0 Å². The van der Waals surface area contributed by atoms with Crippen LogP contribution in [0.3, 0.4) is 0 Å². The molecule has 0 saturated carbocycles. The molecule has 0 aliphatic carbocycles. The van der Waals surface area contributed by atoms with Gasteiger partial charge in [-0.2, -0.15) is 8.78 Å². The van der Waals surface area contributed by atoms with Crippen LogP contribution in [0.2, 0.25) is 0 Å². The Morgan fingerprint density at radius 2 is 2.05 bits per heavy atom. The van der Waals surface area contributed by atoms with E-state index in [-0.39, 0.29) is 5.56 Å². The SMILES string of the molecule is C[C@@H]1CCN(C(=O)C(N)C(F)(F)c2ccc(Br)cc2)C1. The summed E-state index contributed by atoms with van der Waals surface area (Å²) in [5, 5.41) is 0. The summed E-state index contributed by atoms with van der Waals surface area (Å²) in [6, 6.07) is 3.75. The molecule has 1 heterocycles. The van der Waals surface area contributed by atoms with E-state index in [0.717, 1.165) is 6.42 Å². The number of carbonyl (C=O) groups is 1. The van der Waals surface area contributed by atoms with Gasteiger partial charge in [-0.15, -0.1) is 0 Å². The molecule has 3 nitrogen and oxygen atoms in total. The van der Waals surface area contributed by atoms with Crippen molar-refractivity contribution in [3.63, 3.8) is 0 Å². The molecule has 6 heteroatoms.